The van der Waals surface area contributed by atoms with Gasteiger partial charge in [-0.3, -0.25) is 4.79 Å². The minimum absolute atomic E-state index is 0. The van der Waals surface area contributed by atoms with Crippen LogP contribution in [0.4, 0.5) is 65.9 Å². The number of hydrogen-bond donors (Lipinski definition) is 1. The Morgan fingerprint density at radius 3 is 1.25 bits per heavy atom. The standard InChI is InChI=1S/C10H15F5O2.C8H11F5.C4H3F5.C4H10O.CH4.I3.I2.HI/c1-5-8(3,17-6(2)16)10(14,15)7(11)9(4,12)13;1-4-5(2)8(12,13)6(9)7(3,10)11;1-4(8,9)2(5)3(6)7;1-3-4(2)5;;1-3-2;1-2;/h7H,5H2,1-4H3;4,6H,1-3H3;1H3;4-5H,3H2,1-2H3;1H4;;;1H/q;;;;;-1;;/b;5-4-;;;;;;. The van der Waals surface area contributed by atoms with E-state index in [4.69, 9.17) is 5.11 Å². The molecule has 0 aromatic heterocycles. The summed E-state index contributed by atoms with van der Waals surface area (Å²) >= 11 is 9.54. The Bertz CT molecular complexity index is 941. The van der Waals surface area contributed by atoms with E-state index in [9.17, 15) is 70.7 Å². The average molecular weight is 1460 g/mol. The van der Waals surface area contributed by atoms with Crippen molar-refractivity contribution < 1.29 is 93.7 Å². The quantitative estimate of drug-likeness (QED) is 0.103. The van der Waals surface area contributed by atoms with Crippen molar-refractivity contribution in [2.45, 2.75) is 143 Å². The van der Waals surface area contributed by atoms with Crippen molar-refractivity contribution in [3.05, 3.63) is 23.6 Å². The molecular weight excluding hydrogens is 1420 g/mol. The molecule has 4 unspecified atom stereocenters. The molecule has 0 aliphatic carbocycles. The molecule has 1 N–H and O–H groups in total. The number of esters is 1. The first-order valence-electron chi connectivity index (χ1n) is 13.0. The van der Waals surface area contributed by atoms with Crippen LogP contribution in [0.3, 0.4) is 0 Å². The molecule has 0 amide bonds. The van der Waals surface area contributed by atoms with Crippen molar-refractivity contribution in [1.82, 2.24) is 0 Å². The summed E-state index contributed by atoms with van der Waals surface area (Å²) < 4.78 is 189. The third kappa shape index (κ3) is 33.0. The molecule has 0 saturated carbocycles. The predicted octanol–water partition coefficient (Wildman–Crippen LogP) is 12.2. The van der Waals surface area contributed by atoms with Crippen LogP contribution in [0.5, 0.6) is 0 Å². The summed E-state index contributed by atoms with van der Waals surface area (Å²) in [5.74, 6) is -24.6. The van der Waals surface area contributed by atoms with Crippen LogP contribution in [-0.2, 0) is 9.53 Å². The van der Waals surface area contributed by atoms with Crippen LogP contribution in [-0.4, -0.2) is 64.7 Å². The first kappa shape index (κ1) is 71.0. The summed E-state index contributed by atoms with van der Waals surface area (Å²) in [6.45, 7) is 8.89. The monoisotopic (exact) mass is 1460 g/mol. The van der Waals surface area contributed by atoms with E-state index in [1.807, 2.05) is 6.92 Å². The molecule has 0 aromatic rings. The normalized spacial score (nSPS) is 14.6. The molecule has 0 aromatic carbocycles. The molecule has 318 valence electrons. The topological polar surface area (TPSA) is 46.5 Å². The molecule has 51 heavy (non-hydrogen) atoms. The van der Waals surface area contributed by atoms with E-state index in [2.05, 4.69) is 79.2 Å². The zero-order valence-corrected chi connectivity index (χ0v) is 41.1. The summed E-state index contributed by atoms with van der Waals surface area (Å²) in [5.41, 5.74) is -3.29. The summed E-state index contributed by atoms with van der Waals surface area (Å²) in [6.07, 6.45) is -9.00. The molecule has 0 fully saturated rings. The third-order valence-electron chi connectivity index (χ3n) is 5.38. The summed E-state index contributed by atoms with van der Waals surface area (Å²) in [7, 11) is 0. The molecule has 3 nitrogen and oxygen atoms in total. The van der Waals surface area contributed by atoms with Crippen LogP contribution < -0.4 is 13.3 Å². The van der Waals surface area contributed by atoms with E-state index in [1.165, 1.54) is 13.8 Å². The molecule has 0 heterocycles. The third-order valence-corrected chi connectivity index (χ3v) is 5.38. The van der Waals surface area contributed by atoms with Crippen molar-refractivity contribution in [2.24, 2.45) is 0 Å². The van der Waals surface area contributed by atoms with E-state index in [0.717, 1.165) is 33.3 Å². The van der Waals surface area contributed by atoms with Crippen LogP contribution >= 0.6 is 98.4 Å². The zero-order valence-electron chi connectivity index (χ0n) is 28.0. The van der Waals surface area contributed by atoms with Crippen LogP contribution in [0.15, 0.2) is 23.6 Å². The van der Waals surface area contributed by atoms with Crippen LogP contribution in [0.2, 0.25) is 0 Å². The SMILES string of the molecule is C.C/C=C(/C)C(F)(F)C(F)C(C)(F)F.CC(F)(F)C(F)=C(F)F.CCC(C)(OC(C)=O)C(F)(F)C(F)C(C)(F)F.CCC(C)O.I.II.I[I-]I. The number of allylic oxidation sites excluding steroid dienone is 3. The number of rotatable bonds is 10. The van der Waals surface area contributed by atoms with Crippen molar-refractivity contribution in [3.8, 4) is 0 Å². The zero-order chi connectivity index (χ0) is 41.6. The van der Waals surface area contributed by atoms with Gasteiger partial charge in [-0.05, 0) is 46.1 Å². The molecule has 0 radical (unpaired) electrons. The molecule has 0 spiro atoms. The van der Waals surface area contributed by atoms with Gasteiger partial charge in [-0.25, -0.2) is 26.3 Å². The fourth-order valence-electron chi connectivity index (χ4n) is 2.16. The molecule has 4 atom stereocenters. The number of halogens is 21. The fraction of sp³-hybridized carbons (Fsp3) is 0.815. The Morgan fingerprint density at radius 1 is 0.824 bits per heavy atom. The van der Waals surface area contributed by atoms with Crippen molar-refractivity contribution >= 4 is 104 Å². The van der Waals surface area contributed by atoms with Gasteiger partial charge in [-0.2, -0.15) is 39.5 Å². The maximum atomic E-state index is 13.6. The van der Waals surface area contributed by atoms with E-state index >= 15 is 0 Å². The molecular formula is C27H44F15I6O3-. The van der Waals surface area contributed by atoms with Crippen molar-refractivity contribution in [3.63, 3.8) is 0 Å². The Morgan fingerprint density at radius 2 is 1.12 bits per heavy atom. The first-order valence-corrected chi connectivity index (χ1v) is 31.8. The summed E-state index contributed by atoms with van der Waals surface area (Å²) in [5, 5.41) is 8.36. The molecule has 0 saturated heterocycles. The van der Waals surface area contributed by atoms with Gasteiger partial charge in [0, 0.05) is 64.9 Å². The average Bonchev–Trinajstić information content (AvgIpc) is 2.95. The van der Waals surface area contributed by atoms with Gasteiger partial charge in [0.15, 0.2) is 5.60 Å². The van der Waals surface area contributed by atoms with Gasteiger partial charge >= 0.3 is 80.3 Å². The molecule has 0 rings (SSSR count). The molecule has 0 aliphatic heterocycles. The number of carbonyl (C=O) groups excluding carboxylic acids is 1. The van der Waals surface area contributed by atoms with Crippen molar-refractivity contribution in [2.75, 3.05) is 0 Å². The molecule has 0 bridgehead atoms. The maximum absolute atomic E-state index is 13.6. The summed E-state index contributed by atoms with van der Waals surface area (Å²) in [4.78, 5) is 10.7. The number of aliphatic hydroxyl groups excluding tert-OH is 1. The van der Waals surface area contributed by atoms with Crippen LogP contribution in [0, 0.1) is 0 Å². The Kier molecular flexibility index (Phi) is 46.3. The van der Waals surface area contributed by atoms with Gasteiger partial charge in [-0.1, -0.05) is 27.4 Å². The second-order valence-electron chi connectivity index (χ2n) is 9.81. The van der Waals surface area contributed by atoms with Crippen LogP contribution in [0.25, 0.3) is 0 Å². The van der Waals surface area contributed by atoms with Gasteiger partial charge < -0.3 is 9.84 Å². The number of alkyl halides is 12. The fourth-order valence-corrected chi connectivity index (χ4v) is 2.16. The van der Waals surface area contributed by atoms with E-state index in [0.29, 0.717) is 13.3 Å². The Hall–Kier alpha value is 2.24. The second-order valence-corrected chi connectivity index (χ2v) is 26.1. The number of aliphatic hydroxyl groups is 1. The van der Waals surface area contributed by atoms with Gasteiger partial charge in [0.1, 0.15) is 0 Å². The number of carbonyl (C=O) groups is 1. The van der Waals surface area contributed by atoms with Gasteiger partial charge in [0.05, 0.1) is 6.10 Å². The van der Waals surface area contributed by atoms with E-state index < -0.39 is 77.4 Å². The van der Waals surface area contributed by atoms with Crippen molar-refractivity contribution in [1.29, 1.82) is 0 Å². The summed E-state index contributed by atoms with van der Waals surface area (Å²) in [6, 6.07) is 0. The van der Waals surface area contributed by atoms with Gasteiger partial charge in [-0.15, -0.1) is 24.0 Å². The van der Waals surface area contributed by atoms with Gasteiger partial charge in [0.25, 0.3) is 11.8 Å². The number of hydrogen-bond acceptors (Lipinski definition) is 3. The minimum atomic E-state index is -4.48. The van der Waals surface area contributed by atoms with Gasteiger partial charge in [0.2, 0.25) is 18.2 Å². The van der Waals surface area contributed by atoms with E-state index in [-0.39, 0.29) is 58.3 Å². The second kappa shape index (κ2) is 33.2. The molecule has 0 aliphatic rings. The van der Waals surface area contributed by atoms with E-state index in [1.54, 1.807) is 6.92 Å². The Labute approximate surface area is 360 Å². The van der Waals surface area contributed by atoms with Crippen LogP contribution in [0.1, 0.15) is 89.5 Å². The Balaban J connectivity index is -0.0000000807. The molecule has 24 heteroatoms. The number of ether oxygens (including phenoxy) is 1. The predicted molar refractivity (Wildman–Crippen MR) is 212 cm³/mol. The first-order chi connectivity index (χ1) is 21.6.